The van der Waals surface area contributed by atoms with Gasteiger partial charge in [0.2, 0.25) is 11.9 Å². The Morgan fingerprint density at radius 1 is 0.718 bits per heavy atom. The van der Waals surface area contributed by atoms with Crippen LogP contribution < -0.4 is 0 Å². The van der Waals surface area contributed by atoms with E-state index in [0.717, 1.165) is 54.7 Å². The Hall–Kier alpha value is -5.50. The SMILES string of the molecule is C=N/C=N\C(=N/C)n1c2ccccc2c2cc(-c3ccc4c(c3)c3ccccc3n4-c3ncncn3)ccc21. The van der Waals surface area contributed by atoms with Crippen LogP contribution in [0.25, 0.3) is 60.7 Å². The third-order valence-corrected chi connectivity index (χ3v) is 7.01. The fraction of sp³-hybridized carbons (Fsp3) is 0.0323. The first-order valence-electron chi connectivity index (χ1n) is 12.4. The van der Waals surface area contributed by atoms with Gasteiger partial charge in [-0.2, -0.15) is 0 Å². The van der Waals surface area contributed by atoms with Crippen LogP contribution >= 0.6 is 0 Å². The molecule has 3 heterocycles. The van der Waals surface area contributed by atoms with Gasteiger partial charge in [0.1, 0.15) is 19.0 Å². The third kappa shape index (κ3) is 3.53. The molecule has 0 unspecified atom stereocenters. The van der Waals surface area contributed by atoms with E-state index < -0.39 is 0 Å². The molecule has 0 radical (unpaired) electrons. The largest absolute Gasteiger partial charge is 0.278 e. The van der Waals surface area contributed by atoms with Gasteiger partial charge in [-0.1, -0.05) is 48.5 Å². The van der Waals surface area contributed by atoms with Crippen molar-refractivity contribution in [2.24, 2.45) is 15.0 Å². The average Bonchev–Trinajstić information content (AvgIpc) is 3.50. The number of aromatic nitrogens is 5. The van der Waals surface area contributed by atoms with E-state index >= 15 is 0 Å². The summed E-state index contributed by atoms with van der Waals surface area (Å²) in [5, 5.41) is 4.53. The molecule has 7 rings (SSSR count). The molecule has 8 nitrogen and oxygen atoms in total. The molecular weight excluding hydrogens is 484 g/mol. The van der Waals surface area contributed by atoms with E-state index in [4.69, 9.17) is 0 Å². The zero-order valence-corrected chi connectivity index (χ0v) is 21.1. The Morgan fingerprint density at radius 2 is 1.28 bits per heavy atom. The highest BCUT2D eigenvalue weighted by molar-refractivity contribution is 6.16. The molecule has 0 aliphatic heterocycles. The van der Waals surface area contributed by atoms with Gasteiger partial charge in [-0.05, 0) is 54.2 Å². The highest BCUT2D eigenvalue weighted by Crippen LogP contribution is 2.36. The molecule has 186 valence electrons. The highest BCUT2D eigenvalue weighted by atomic mass is 15.2. The predicted octanol–water partition coefficient (Wildman–Crippen LogP) is 6.31. The van der Waals surface area contributed by atoms with Gasteiger partial charge >= 0.3 is 0 Å². The standard InChI is InChI=1S/C31H22N8/c1-32-17-35-30(33-2)38-26-9-5-3-7-22(26)24-15-20(11-13-28(24)38)21-12-14-29-25(16-21)23-8-4-6-10-27(23)39(29)31-36-18-34-19-37-31/h3-19H,1H2,2H3/b33-30+,35-17-. The van der Waals surface area contributed by atoms with E-state index in [-0.39, 0.29) is 0 Å². The number of aliphatic imine (C=N–C) groups is 3. The van der Waals surface area contributed by atoms with Gasteiger partial charge in [0, 0.05) is 28.6 Å². The third-order valence-electron chi connectivity index (χ3n) is 7.01. The lowest BCUT2D eigenvalue weighted by atomic mass is 10.0. The molecule has 0 aliphatic rings. The lowest BCUT2D eigenvalue weighted by molar-refractivity contribution is 0.939. The van der Waals surface area contributed by atoms with Gasteiger partial charge in [0.15, 0.2) is 0 Å². The van der Waals surface area contributed by atoms with Crippen LogP contribution in [0.15, 0.2) is 113 Å². The van der Waals surface area contributed by atoms with Crippen LogP contribution in [0.2, 0.25) is 0 Å². The molecule has 4 aromatic carbocycles. The van der Waals surface area contributed by atoms with E-state index in [1.165, 1.54) is 19.0 Å². The summed E-state index contributed by atoms with van der Waals surface area (Å²) in [7, 11) is 1.73. The predicted molar refractivity (Wildman–Crippen MR) is 159 cm³/mol. The van der Waals surface area contributed by atoms with E-state index in [2.05, 4.69) is 119 Å². The molecule has 7 aromatic rings. The maximum absolute atomic E-state index is 4.42. The van der Waals surface area contributed by atoms with Crippen molar-refractivity contribution >= 4 is 62.6 Å². The number of fused-ring (bicyclic) bond motifs is 6. The molecule has 0 saturated carbocycles. The summed E-state index contributed by atoms with van der Waals surface area (Å²) in [5.74, 6) is 1.15. The average molecular weight is 507 g/mol. The minimum Gasteiger partial charge on any atom is -0.278 e. The number of hydrogen-bond donors (Lipinski definition) is 0. The van der Waals surface area contributed by atoms with Gasteiger partial charge in [0.25, 0.3) is 0 Å². The summed E-state index contributed by atoms with van der Waals surface area (Å²) >= 11 is 0. The van der Waals surface area contributed by atoms with Gasteiger partial charge in [-0.25, -0.2) is 19.9 Å². The second kappa shape index (κ2) is 9.11. The van der Waals surface area contributed by atoms with E-state index in [0.29, 0.717) is 11.9 Å². The van der Waals surface area contributed by atoms with Crippen LogP contribution in [0, 0.1) is 0 Å². The molecule has 0 bridgehead atoms. The fourth-order valence-corrected chi connectivity index (χ4v) is 5.39. The Bertz CT molecular complexity index is 2100. The van der Waals surface area contributed by atoms with Crippen molar-refractivity contribution in [3.63, 3.8) is 0 Å². The normalized spacial score (nSPS) is 12.4. The molecule has 39 heavy (non-hydrogen) atoms. The molecule has 3 aromatic heterocycles. The number of rotatable bonds is 3. The topological polar surface area (TPSA) is 85.6 Å². The van der Waals surface area contributed by atoms with Crippen molar-refractivity contribution in [1.82, 2.24) is 24.1 Å². The summed E-state index contributed by atoms with van der Waals surface area (Å²) in [6, 6.07) is 29.7. The second-order valence-corrected chi connectivity index (χ2v) is 9.06. The maximum Gasteiger partial charge on any atom is 0.237 e. The minimum absolute atomic E-state index is 0.550. The van der Waals surface area contributed by atoms with Crippen molar-refractivity contribution in [1.29, 1.82) is 0 Å². The molecule has 0 aliphatic carbocycles. The van der Waals surface area contributed by atoms with Gasteiger partial charge in [-0.15, -0.1) is 0 Å². The molecule has 0 N–H and O–H groups in total. The van der Waals surface area contributed by atoms with Crippen LogP contribution in [-0.4, -0.2) is 50.1 Å². The lowest BCUT2D eigenvalue weighted by Gasteiger charge is -2.08. The van der Waals surface area contributed by atoms with Gasteiger partial charge in [-0.3, -0.25) is 19.1 Å². The fourth-order valence-electron chi connectivity index (χ4n) is 5.39. The van der Waals surface area contributed by atoms with Crippen molar-refractivity contribution < 1.29 is 0 Å². The van der Waals surface area contributed by atoms with E-state index in [9.17, 15) is 0 Å². The first-order valence-corrected chi connectivity index (χ1v) is 12.4. The maximum atomic E-state index is 4.42. The molecule has 0 atom stereocenters. The summed E-state index contributed by atoms with van der Waals surface area (Å²) in [5.41, 5.74) is 6.39. The minimum atomic E-state index is 0.550. The van der Waals surface area contributed by atoms with E-state index in [1.54, 1.807) is 7.05 Å². The molecule has 8 heteroatoms. The van der Waals surface area contributed by atoms with Crippen molar-refractivity contribution in [2.45, 2.75) is 0 Å². The number of para-hydroxylation sites is 2. The number of hydrogen-bond acceptors (Lipinski definition) is 4. The van der Waals surface area contributed by atoms with Gasteiger partial charge in [0.05, 0.1) is 22.1 Å². The van der Waals surface area contributed by atoms with Crippen LogP contribution in [-0.2, 0) is 0 Å². The van der Waals surface area contributed by atoms with E-state index in [1.807, 2.05) is 12.1 Å². The monoisotopic (exact) mass is 506 g/mol. The Kier molecular flexibility index (Phi) is 5.30. The van der Waals surface area contributed by atoms with Crippen LogP contribution in [0.1, 0.15) is 0 Å². The summed E-state index contributed by atoms with van der Waals surface area (Å²) in [6.07, 6.45) is 4.47. The first-order chi connectivity index (χ1) is 19.3. The zero-order valence-electron chi connectivity index (χ0n) is 21.1. The molecule has 0 amide bonds. The molecular formula is C31H22N8. The summed E-state index contributed by atoms with van der Waals surface area (Å²) < 4.78 is 4.14. The highest BCUT2D eigenvalue weighted by Gasteiger charge is 2.17. The molecule has 0 saturated heterocycles. The Labute approximate surface area is 223 Å². The number of nitrogens with zero attached hydrogens (tertiary/aromatic N) is 8. The lowest BCUT2D eigenvalue weighted by Crippen LogP contribution is -2.08. The van der Waals surface area contributed by atoms with Crippen molar-refractivity contribution in [2.75, 3.05) is 7.05 Å². The van der Waals surface area contributed by atoms with Crippen LogP contribution in [0.4, 0.5) is 0 Å². The smallest absolute Gasteiger partial charge is 0.237 e. The Balaban J connectivity index is 1.45. The Morgan fingerprint density at radius 3 is 1.97 bits per heavy atom. The van der Waals surface area contributed by atoms with Crippen LogP contribution in [0.5, 0.6) is 0 Å². The molecule has 0 spiro atoms. The second-order valence-electron chi connectivity index (χ2n) is 9.06. The number of benzene rings is 4. The summed E-state index contributed by atoms with van der Waals surface area (Å²) in [6.45, 7) is 3.50. The summed E-state index contributed by atoms with van der Waals surface area (Å²) in [4.78, 5) is 25.4. The van der Waals surface area contributed by atoms with Crippen molar-refractivity contribution in [3.05, 3.63) is 97.6 Å². The molecule has 0 fully saturated rings. The zero-order chi connectivity index (χ0) is 26.3. The quantitative estimate of drug-likeness (QED) is 0.208. The van der Waals surface area contributed by atoms with Gasteiger partial charge < -0.3 is 0 Å². The van der Waals surface area contributed by atoms with Crippen molar-refractivity contribution in [3.8, 4) is 17.1 Å². The first kappa shape index (κ1) is 22.7. The van der Waals surface area contributed by atoms with Crippen LogP contribution in [0.3, 0.4) is 0 Å².